The van der Waals surface area contributed by atoms with Gasteiger partial charge in [0.05, 0.1) is 12.2 Å². The van der Waals surface area contributed by atoms with Gasteiger partial charge < -0.3 is 9.84 Å². The van der Waals surface area contributed by atoms with Crippen molar-refractivity contribution in [2.75, 3.05) is 6.61 Å². The molecule has 2 nitrogen and oxygen atoms in total. The molecule has 34 heavy (non-hydrogen) atoms. The van der Waals surface area contributed by atoms with Crippen molar-refractivity contribution in [1.29, 1.82) is 0 Å². The maximum absolute atomic E-state index is 11.5. The van der Waals surface area contributed by atoms with E-state index in [0.29, 0.717) is 0 Å². The highest BCUT2D eigenvalue weighted by Crippen LogP contribution is 2.33. The van der Waals surface area contributed by atoms with Crippen LogP contribution < -0.4 is 0 Å². The molecule has 0 saturated heterocycles. The maximum atomic E-state index is 11.5. The van der Waals surface area contributed by atoms with Gasteiger partial charge in [0, 0.05) is 6.61 Å². The Bertz CT molecular complexity index is 699. The number of aliphatic hydroxyl groups is 1. The third-order valence-electron chi connectivity index (χ3n) is 7.00. The first-order valence-corrected chi connectivity index (χ1v) is 14.1. The minimum atomic E-state index is -0.643. The van der Waals surface area contributed by atoms with Crippen LogP contribution in [0.1, 0.15) is 121 Å². The van der Waals surface area contributed by atoms with Gasteiger partial charge in [-0.1, -0.05) is 151 Å². The lowest BCUT2D eigenvalue weighted by molar-refractivity contribution is 0.0132. The van der Waals surface area contributed by atoms with Gasteiger partial charge >= 0.3 is 0 Å². The summed E-state index contributed by atoms with van der Waals surface area (Å²) in [6, 6.07) is 20.8. The lowest BCUT2D eigenvalue weighted by Gasteiger charge is -2.29. The Balaban J connectivity index is 1.48. The summed E-state index contributed by atoms with van der Waals surface area (Å²) >= 11 is 0. The fraction of sp³-hybridized carbons (Fsp3) is 0.625. The molecule has 0 heterocycles. The summed E-state index contributed by atoms with van der Waals surface area (Å²) in [5, 5.41) is 11.5. The summed E-state index contributed by atoms with van der Waals surface area (Å²) in [7, 11) is 0. The first-order valence-electron chi connectivity index (χ1n) is 14.1. The third-order valence-corrected chi connectivity index (χ3v) is 7.00. The minimum Gasteiger partial charge on any atom is -0.385 e. The predicted molar refractivity (Wildman–Crippen MR) is 146 cm³/mol. The summed E-state index contributed by atoms with van der Waals surface area (Å²) in [5.74, 6) is 0. The molecule has 0 radical (unpaired) electrons. The zero-order valence-corrected chi connectivity index (χ0v) is 21.9. The van der Waals surface area contributed by atoms with E-state index in [1.807, 2.05) is 12.1 Å². The Hall–Kier alpha value is -1.64. The Morgan fingerprint density at radius 1 is 0.588 bits per heavy atom. The highest BCUT2D eigenvalue weighted by atomic mass is 16.5. The predicted octanol–water partition coefficient (Wildman–Crippen LogP) is 9.35. The van der Waals surface area contributed by atoms with Crippen molar-refractivity contribution in [2.45, 2.75) is 122 Å². The van der Waals surface area contributed by atoms with Crippen LogP contribution in [0.25, 0.3) is 0 Å². The van der Waals surface area contributed by atoms with Crippen LogP contribution in [0.5, 0.6) is 0 Å². The van der Waals surface area contributed by atoms with Gasteiger partial charge in [0.2, 0.25) is 0 Å². The van der Waals surface area contributed by atoms with E-state index in [1.165, 1.54) is 82.6 Å². The monoisotopic (exact) mass is 466 g/mol. The molecule has 2 rings (SSSR count). The van der Waals surface area contributed by atoms with Crippen molar-refractivity contribution >= 4 is 0 Å². The summed E-state index contributed by atoms with van der Waals surface area (Å²) in [5.41, 5.74) is 1.73. The summed E-state index contributed by atoms with van der Waals surface area (Å²) in [4.78, 5) is 0. The molecule has 2 aromatic rings. The maximum Gasteiger partial charge on any atom is 0.0896 e. The summed E-state index contributed by atoms with van der Waals surface area (Å²) in [6.45, 7) is 3.86. The van der Waals surface area contributed by atoms with Gasteiger partial charge in [-0.05, 0) is 30.4 Å². The van der Waals surface area contributed by atoms with Gasteiger partial charge in [-0.3, -0.25) is 0 Å². The van der Waals surface area contributed by atoms with Crippen LogP contribution in [-0.4, -0.2) is 11.7 Å². The Morgan fingerprint density at radius 3 is 1.62 bits per heavy atom. The Kier molecular flexibility index (Phi) is 15.7. The van der Waals surface area contributed by atoms with Crippen LogP contribution in [0.2, 0.25) is 0 Å². The molecular formula is C32H50O2. The second-order valence-corrected chi connectivity index (χ2v) is 10.0. The van der Waals surface area contributed by atoms with Gasteiger partial charge in [-0.15, -0.1) is 0 Å². The lowest BCUT2D eigenvalue weighted by atomic mass is 9.83. The third kappa shape index (κ3) is 12.7. The Morgan fingerprint density at radius 2 is 1.06 bits per heavy atom. The van der Waals surface area contributed by atoms with E-state index in [2.05, 4.69) is 55.5 Å². The smallest absolute Gasteiger partial charge is 0.0896 e. The lowest BCUT2D eigenvalue weighted by Crippen LogP contribution is -2.25. The van der Waals surface area contributed by atoms with Gasteiger partial charge in [0.15, 0.2) is 0 Å². The van der Waals surface area contributed by atoms with Gasteiger partial charge in [0.25, 0.3) is 0 Å². The van der Waals surface area contributed by atoms with Crippen LogP contribution >= 0.6 is 0 Å². The van der Waals surface area contributed by atoms with E-state index in [4.69, 9.17) is 4.74 Å². The molecule has 0 aromatic heterocycles. The van der Waals surface area contributed by atoms with Crippen LogP contribution in [0.15, 0.2) is 60.7 Å². The number of benzene rings is 2. The second-order valence-electron chi connectivity index (χ2n) is 10.0. The molecule has 0 amide bonds. The van der Waals surface area contributed by atoms with Crippen molar-refractivity contribution in [1.82, 2.24) is 0 Å². The second kappa shape index (κ2) is 18.7. The molecule has 0 saturated carbocycles. The number of hydrogen-bond donors (Lipinski definition) is 1. The first kappa shape index (κ1) is 28.6. The van der Waals surface area contributed by atoms with E-state index < -0.39 is 5.60 Å². The zero-order valence-electron chi connectivity index (χ0n) is 21.9. The summed E-state index contributed by atoms with van der Waals surface area (Å²) in [6.07, 6.45) is 19.5. The van der Waals surface area contributed by atoms with Crippen LogP contribution in [0.3, 0.4) is 0 Å². The van der Waals surface area contributed by atoms with Crippen molar-refractivity contribution in [3.63, 3.8) is 0 Å². The van der Waals surface area contributed by atoms with Crippen molar-refractivity contribution in [3.05, 3.63) is 71.8 Å². The Labute approximate surface area is 210 Å². The van der Waals surface area contributed by atoms with Gasteiger partial charge in [0.1, 0.15) is 0 Å². The summed E-state index contributed by atoms with van der Waals surface area (Å²) < 4.78 is 5.77. The molecule has 0 bridgehead atoms. The van der Waals surface area contributed by atoms with E-state index in [-0.39, 0.29) is 0 Å². The number of rotatable bonds is 21. The number of ether oxygens (including phenoxy) is 1. The number of hydrogen-bond acceptors (Lipinski definition) is 2. The molecule has 0 aliphatic carbocycles. The number of unbranched alkanes of at least 4 members (excludes halogenated alkanes) is 12. The molecular weight excluding hydrogens is 416 g/mol. The minimum absolute atomic E-state index is 0.643. The molecule has 0 fully saturated rings. The molecule has 1 unspecified atom stereocenters. The topological polar surface area (TPSA) is 29.5 Å². The molecule has 2 heteroatoms. The van der Waals surface area contributed by atoms with Crippen LogP contribution in [-0.2, 0) is 16.9 Å². The average Bonchev–Trinajstić information content (AvgIpc) is 2.88. The van der Waals surface area contributed by atoms with Crippen molar-refractivity contribution in [3.8, 4) is 0 Å². The van der Waals surface area contributed by atoms with Crippen molar-refractivity contribution < 1.29 is 9.84 Å². The van der Waals surface area contributed by atoms with Crippen LogP contribution in [0, 0.1) is 0 Å². The molecule has 1 atom stereocenters. The molecule has 1 N–H and O–H groups in total. The van der Waals surface area contributed by atoms with Crippen molar-refractivity contribution in [2.24, 2.45) is 0 Å². The fourth-order valence-corrected chi connectivity index (χ4v) is 4.81. The zero-order chi connectivity index (χ0) is 24.2. The largest absolute Gasteiger partial charge is 0.385 e. The first-order chi connectivity index (χ1) is 16.7. The highest BCUT2D eigenvalue weighted by molar-refractivity contribution is 5.22. The van der Waals surface area contributed by atoms with E-state index >= 15 is 0 Å². The van der Waals surface area contributed by atoms with Gasteiger partial charge in [-0.25, -0.2) is 0 Å². The van der Waals surface area contributed by atoms with Crippen LogP contribution in [0.4, 0.5) is 0 Å². The average molecular weight is 467 g/mol. The molecule has 0 aliphatic rings. The standard InChI is InChI=1S/C32H50O2/c1-2-3-4-10-19-26-32(33,31-24-17-14-18-25-31)27-20-11-8-6-5-7-9-12-21-28-34-29-30-22-15-13-16-23-30/h13-18,22-25,33H,2-12,19-21,26-29H2,1H3. The normalized spacial score (nSPS) is 13.1. The molecule has 0 aliphatic heterocycles. The van der Waals surface area contributed by atoms with E-state index in [1.54, 1.807) is 0 Å². The highest BCUT2D eigenvalue weighted by Gasteiger charge is 2.27. The van der Waals surface area contributed by atoms with E-state index in [0.717, 1.165) is 44.5 Å². The molecule has 2 aromatic carbocycles. The van der Waals surface area contributed by atoms with E-state index in [9.17, 15) is 5.11 Å². The van der Waals surface area contributed by atoms with Gasteiger partial charge in [-0.2, -0.15) is 0 Å². The molecule has 0 spiro atoms. The molecule has 190 valence electrons. The SMILES string of the molecule is CCCCCCCC(O)(CCCCCCCCCCCOCc1ccccc1)c1ccccc1. The quantitative estimate of drug-likeness (QED) is 0.186. The fourth-order valence-electron chi connectivity index (χ4n) is 4.81.